The molecule has 0 saturated heterocycles. The van der Waals surface area contributed by atoms with Crippen molar-refractivity contribution < 1.29 is 31.9 Å². The summed E-state index contributed by atoms with van der Waals surface area (Å²) in [5, 5.41) is 1.73. The van der Waals surface area contributed by atoms with Crippen molar-refractivity contribution in [1.29, 1.82) is 0 Å². The molecule has 0 aliphatic carbocycles. The fourth-order valence-corrected chi connectivity index (χ4v) is 3.23. The van der Waals surface area contributed by atoms with Gasteiger partial charge in [-0.3, -0.25) is 4.79 Å². The van der Waals surface area contributed by atoms with E-state index in [1.807, 2.05) is 0 Å². The molecule has 0 amide bonds. The Labute approximate surface area is 161 Å². The fourth-order valence-electron chi connectivity index (χ4n) is 2.42. The van der Waals surface area contributed by atoms with Gasteiger partial charge in [0.25, 0.3) is 0 Å². The van der Waals surface area contributed by atoms with Crippen molar-refractivity contribution in [2.75, 3.05) is 7.11 Å². The summed E-state index contributed by atoms with van der Waals surface area (Å²) >= 11 is 1.22. The number of alkyl halides is 3. The number of esters is 1. The van der Waals surface area contributed by atoms with Gasteiger partial charge in [0.1, 0.15) is 16.4 Å². The van der Waals surface area contributed by atoms with Gasteiger partial charge in [-0.1, -0.05) is 12.1 Å². The molecule has 0 fully saturated rings. The lowest BCUT2D eigenvalue weighted by atomic mass is 10.1. The maximum absolute atomic E-state index is 12.6. The number of benzene rings is 1. The molecule has 0 aliphatic heterocycles. The topological polar surface area (TPSA) is 56.5 Å². The fraction of sp³-hybridized carbons (Fsp3) is 0.100. The molecule has 0 bridgehead atoms. The van der Waals surface area contributed by atoms with Gasteiger partial charge in [0.15, 0.2) is 5.78 Å². The number of hydrogen-bond acceptors (Lipinski definition) is 5. The highest BCUT2D eigenvalue weighted by molar-refractivity contribution is 7.12. The molecule has 144 valence electrons. The first kappa shape index (κ1) is 19.6. The van der Waals surface area contributed by atoms with Crippen LogP contribution in [0.25, 0.3) is 17.4 Å². The summed E-state index contributed by atoms with van der Waals surface area (Å²) in [5.74, 6) is -0.144. The Balaban J connectivity index is 1.75. The molecule has 0 radical (unpaired) electrons. The maximum Gasteiger partial charge on any atom is 0.416 e. The monoisotopic (exact) mass is 406 g/mol. The normalized spacial score (nSPS) is 11.7. The number of ether oxygens (including phenoxy) is 1. The third-order valence-electron chi connectivity index (χ3n) is 3.82. The largest absolute Gasteiger partial charge is 0.465 e. The Hall–Kier alpha value is -3.13. The number of methoxy groups -OCH3 is 1. The van der Waals surface area contributed by atoms with Crippen molar-refractivity contribution in [1.82, 2.24) is 0 Å². The van der Waals surface area contributed by atoms with E-state index in [4.69, 9.17) is 9.15 Å². The first-order valence-electron chi connectivity index (χ1n) is 7.95. The molecule has 1 aromatic carbocycles. The van der Waals surface area contributed by atoms with Gasteiger partial charge in [0.2, 0.25) is 0 Å². The second kappa shape index (κ2) is 7.85. The number of halogens is 3. The van der Waals surface area contributed by atoms with E-state index in [1.54, 1.807) is 23.6 Å². The van der Waals surface area contributed by atoms with Gasteiger partial charge in [-0.25, -0.2) is 4.79 Å². The molecule has 4 nitrogen and oxygen atoms in total. The summed E-state index contributed by atoms with van der Waals surface area (Å²) in [7, 11) is 1.29. The van der Waals surface area contributed by atoms with E-state index in [0.717, 1.165) is 24.3 Å². The number of furan rings is 1. The highest BCUT2D eigenvalue weighted by Gasteiger charge is 2.30. The van der Waals surface area contributed by atoms with Gasteiger partial charge in [0, 0.05) is 11.1 Å². The Bertz CT molecular complexity index is 1030. The lowest BCUT2D eigenvalue weighted by Crippen LogP contribution is -2.05. The van der Waals surface area contributed by atoms with E-state index in [-0.39, 0.29) is 5.56 Å². The van der Waals surface area contributed by atoms with Crippen molar-refractivity contribution in [2.24, 2.45) is 0 Å². The summed E-state index contributed by atoms with van der Waals surface area (Å²) < 4.78 is 48.1. The predicted molar refractivity (Wildman–Crippen MR) is 98.2 cm³/mol. The minimum Gasteiger partial charge on any atom is -0.465 e. The van der Waals surface area contributed by atoms with E-state index < -0.39 is 23.5 Å². The molecule has 2 heterocycles. The van der Waals surface area contributed by atoms with Crippen LogP contribution in [0.5, 0.6) is 0 Å². The van der Waals surface area contributed by atoms with E-state index in [2.05, 4.69) is 0 Å². The van der Waals surface area contributed by atoms with Gasteiger partial charge < -0.3 is 9.15 Å². The number of thiophene rings is 1. The average Bonchev–Trinajstić information content (AvgIpc) is 3.34. The van der Waals surface area contributed by atoms with Crippen LogP contribution in [0.3, 0.4) is 0 Å². The molecule has 0 N–H and O–H groups in total. The minimum atomic E-state index is -4.45. The lowest BCUT2D eigenvalue weighted by molar-refractivity contribution is -0.137. The molecule has 0 atom stereocenters. The number of carbonyl (C=O) groups is 2. The summed E-state index contributed by atoms with van der Waals surface area (Å²) in [4.78, 5) is 24.3. The Morgan fingerprint density at radius 3 is 2.43 bits per heavy atom. The zero-order chi connectivity index (χ0) is 20.3. The minimum absolute atomic E-state index is 0.127. The van der Waals surface area contributed by atoms with Crippen LogP contribution >= 0.6 is 11.3 Å². The van der Waals surface area contributed by atoms with Gasteiger partial charge in [-0.2, -0.15) is 13.2 Å². The molecule has 3 aromatic rings. The van der Waals surface area contributed by atoms with Gasteiger partial charge >= 0.3 is 12.1 Å². The highest BCUT2D eigenvalue weighted by atomic mass is 32.1. The predicted octanol–water partition coefficient (Wildman–Crippen LogP) is 5.71. The van der Waals surface area contributed by atoms with Gasteiger partial charge in [-0.15, -0.1) is 11.3 Å². The third-order valence-corrected chi connectivity index (χ3v) is 4.72. The van der Waals surface area contributed by atoms with Crippen molar-refractivity contribution in [2.45, 2.75) is 6.18 Å². The molecule has 0 aliphatic rings. The molecular weight excluding hydrogens is 393 g/mol. The van der Waals surface area contributed by atoms with Crippen molar-refractivity contribution >= 4 is 29.2 Å². The third kappa shape index (κ3) is 4.23. The standard InChI is InChI=1S/C20H13F3O4S/c1-26-19(25)18-15(10-11-28-18)17-9-7-14(27-17)6-8-16(24)12-2-4-13(5-3-12)20(21,22)23/h2-11H,1H3. The van der Waals surface area contributed by atoms with Crippen molar-refractivity contribution in [3.63, 3.8) is 0 Å². The molecule has 28 heavy (non-hydrogen) atoms. The van der Waals surface area contributed by atoms with Crippen LogP contribution in [-0.2, 0) is 10.9 Å². The van der Waals surface area contributed by atoms with Crippen molar-refractivity contribution in [3.8, 4) is 11.3 Å². The van der Waals surface area contributed by atoms with Crippen LogP contribution in [0.1, 0.15) is 31.4 Å². The lowest BCUT2D eigenvalue weighted by Gasteiger charge is -2.06. The van der Waals surface area contributed by atoms with Gasteiger partial charge in [0.05, 0.1) is 12.7 Å². The summed E-state index contributed by atoms with van der Waals surface area (Å²) in [6.45, 7) is 0. The first-order chi connectivity index (χ1) is 13.3. The van der Waals surface area contributed by atoms with Gasteiger partial charge in [-0.05, 0) is 47.9 Å². The molecule has 0 saturated carbocycles. The average molecular weight is 406 g/mol. The Morgan fingerprint density at radius 1 is 1.07 bits per heavy atom. The van der Waals surface area contributed by atoms with E-state index >= 15 is 0 Å². The summed E-state index contributed by atoms with van der Waals surface area (Å²) in [6.07, 6.45) is -1.83. The number of ketones is 1. The van der Waals surface area contributed by atoms with E-state index in [0.29, 0.717) is 22.0 Å². The van der Waals surface area contributed by atoms with E-state index in [9.17, 15) is 22.8 Å². The molecular formula is C20H13F3O4S. The molecule has 0 spiro atoms. The smallest absolute Gasteiger partial charge is 0.416 e. The number of hydrogen-bond donors (Lipinski definition) is 0. The first-order valence-corrected chi connectivity index (χ1v) is 8.83. The quantitative estimate of drug-likeness (QED) is 0.309. The maximum atomic E-state index is 12.6. The number of carbonyl (C=O) groups excluding carboxylic acids is 2. The van der Waals surface area contributed by atoms with Crippen LogP contribution in [0.2, 0.25) is 0 Å². The Kier molecular flexibility index (Phi) is 5.51. The number of rotatable bonds is 5. The molecule has 2 aromatic heterocycles. The van der Waals surface area contributed by atoms with Crippen LogP contribution < -0.4 is 0 Å². The van der Waals surface area contributed by atoms with E-state index in [1.165, 1.54) is 30.6 Å². The summed E-state index contributed by atoms with van der Waals surface area (Å²) in [5.41, 5.74) is -0.117. The molecule has 0 unspecified atom stereocenters. The SMILES string of the molecule is COC(=O)c1sccc1-c1ccc(C=CC(=O)c2ccc(C(F)(F)F)cc2)o1. The molecule has 8 heteroatoms. The van der Waals surface area contributed by atoms with Crippen LogP contribution in [-0.4, -0.2) is 18.9 Å². The highest BCUT2D eigenvalue weighted by Crippen LogP contribution is 2.31. The second-order valence-corrected chi connectivity index (χ2v) is 6.55. The zero-order valence-corrected chi connectivity index (χ0v) is 15.3. The van der Waals surface area contributed by atoms with Crippen LogP contribution in [0.4, 0.5) is 13.2 Å². The van der Waals surface area contributed by atoms with Crippen LogP contribution in [0.15, 0.2) is 58.3 Å². The Morgan fingerprint density at radius 2 is 1.79 bits per heavy atom. The molecule has 3 rings (SSSR count). The van der Waals surface area contributed by atoms with Crippen molar-refractivity contribution in [3.05, 3.63) is 75.7 Å². The summed E-state index contributed by atoms with van der Waals surface area (Å²) in [6, 6.07) is 8.94. The second-order valence-electron chi connectivity index (χ2n) is 5.63. The van der Waals surface area contributed by atoms with Crippen LogP contribution in [0, 0.1) is 0 Å². The number of allylic oxidation sites excluding steroid dienone is 1. The zero-order valence-electron chi connectivity index (χ0n) is 14.4.